The van der Waals surface area contributed by atoms with E-state index in [1.807, 2.05) is 25.1 Å². The van der Waals surface area contributed by atoms with Crippen molar-refractivity contribution in [3.63, 3.8) is 0 Å². The third-order valence-electron chi connectivity index (χ3n) is 3.08. The largest absolute Gasteiger partial charge is 0.492 e. The zero-order valence-electron chi connectivity index (χ0n) is 11.2. The Hall–Kier alpha value is -1.71. The highest BCUT2D eigenvalue weighted by Gasteiger charge is 2.23. The maximum atomic E-state index is 11.8. The summed E-state index contributed by atoms with van der Waals surface area (Å²) in [4.78, 5) is 14.0. The van der Waals surface area contributed by atoms with Gasteiger partial charge >= 0.3 is 0 Å². The molecule has 1 amide bonds. The number of hydrogen-bond acceptors (Lipinski definition) is 3. The van der Waals surface area contributed by atoms with E-state index in [1.54, 1.807) is 0 Å². The molecule has 98 valence electrons. The second kappa shape index (κ2) is 5.29. The monoisotopic (exact) mass is 248 g/mol. The number of nitrogens with one attached hydrogen (secondary N) is 1. The van der Waals surface area contributed by atoms with E-state index in [1.165, 1.54) is 0 Å². The Morgan fingerprint density at radius 1 is 1.44 bits per heavy atom. The van der Waals surface area contributed by atoms with Crippen LogP contribution in [-0.4, -0.2) is 25.1 Å². The molecule has 18 heavy (non-hydrogen) atoms. The van der Waals surface area contributed by atoms with Gasteiger partial charge in [0.1, 0.15) is 11.4 Å². The van der Waals surface area contributed by atoms with Gasteiger partial charge in [0.25, 0.3) is 0 Å². The molecule has 2 rings (SSSR count). The van der Waals surface area contributed by atoms with Gasteiger partial charge in [0.2, 0.25) is 5.91 Å². The highest BCUT2D eigenvalue weighted by molar-refractivity contribution is 5.98. The van der Waals surface area contributed by atoms with Crippen LogP contribution < -0.4 is 15.0 Å². The SMILES string of the molecule is CCOc1cccc2c1NC(=O)CCN2C(C)C. The Balaban J connectivity index is 2.47. The van der Waals surface area contributed by atoms with Gasteiger partial charge in [0.15, 0.2) is 0 Å². The van der Waals surface area contributed by atoms with E-state index in [9.17, 15) is 4.79 Å². The first-order valence-corrected chi connectivity index (χ1v) is 6.45. The first-order chi connectivity index (χ1) is 8.63. The van der Waals surface area contributed by atoms with E-state index in [4.69, 9.17) is 4.74 Å². The van der Waals surface area contributed by atoms with Gasteiger partial charge in [0.05, 0.1) is 12.3 Å². The van der Waals surface area contributed by atoms with Gasteiger partial charge < -0.3 is 15.0 Å². The molecule has 0 atom stereocenters. The number of fused-ring (bicyclic) bond motifs is 1. The molecule has 0 unspecified atom stereocenters. The van der Waals surface area contributed by atoms with Gasteiger partial charge in [0, 0.05) is 19.0 Å². The zero-order valence-corrected chi connectivity index (χ0v) is 11.2. The minimum absolute atomic E-state index is 0.0477. The number of rotatable bonds is 3. The molecule has 0 fully saturated rings. The number of benzene rings is 1. The van der Waals surface area contributed by atoms with E-state index in [-0.39, 0.29) is 5.91 Å². The topological polar surface area (TPSA) is 41.6 Å². The molecule has 1 heterocycles. The summed E-state index contributed by atoms with van der Waals surface area (Å²) < 4.78 is 5.59. The highest BCUT2D eigenvalue weighted by Crippen LogP contribution is 2.37. The molecule has 0 bridgehead atoms. The number of para-hydroxylation sites is 1. The normalized spacial score (nSPS) is 15.1. The van der Waals surface area contributed by atoms with Crippen LogP contribution in [0.4, 0.5) is 11.4 Å². The summed E-state index contributed by atoms with van der Waals surface area (Å²) in [6.07, 6.45) is 0.512. The fourth-order valence-electron chi connectivity index (χ4n) is 2.24. The fourth-order valence-corrected chi connectivity index (χ4v) is 2.24. The number of anilines is 2. The van der Waals surface area contributed by atoms with Gasteiger partial charge in [-0.1, -0.05) is 6.07 Å². The van der Waals surface area contributed by atoms with Crippen LogP contribution in [0, 0.1) is 0 Å². The lowest BCUT2D eigenvalue weighted by molar-refractivity contribution is -0.116. The van der Waals surface area contributed by atoms with Crippen molar-refractivity contribution in [1.29, 1.82) is 0 Å². The summed E-state index contributed by atoms with van der Waals surface area (Å²) in [5.74, 6) is 0.794. The molecule has 4 heteroatoms. The van der Waals surface area contributed by atoms with Gasteiger partial charge in [-0.2, -0.15) is 0 Å². The molecule has 4 nitrogen and oxygen atoms in total. The Labute approximate surface area is 108 Å². The van der Waals surface area contributed by atoms with Crippen LogP contribution in [0.2, 0.25) is 0 Å². The number of ether oxygens (including phenoxy) is 1. The molecule has 1 aromatic carbocycles. The van der Waals surface area contributed by atoms with E-state index in [0.717, 1.165) is 23.7 Å². The van der Waals surface area contributed by atoms with Gasteiger partial charge in [-0.25, -0.2) is 0 Å². The average molecular weight is 248 g/mol. The van der Waals surface area contributed by atoms with Crippen molar-refractivity contribution < 1.29 is 9.53 Å². The zero-order chi connectivity index (χ0) is 13.1. The van der Waals surface area contributed by atoms with E-state index in [0.29, 0.717) is 19.1 Å². The molecule has 0 saturated heterocycles. The molecule has 1 aromatic rings. The van der Waals surface area contributed by atoms with E-state index >= 15 is 0 Å². The molecule has 1 N–H and O–H groups in total. The third-order valence-corrected chi connectivity index (χ3v) is 3.08. The first-order valence-electron chi connectivity index (χ1n) is 6.45. The summed E-state index contributed by atoms with van der Waals surface area (Å²) in [5, 5.41) is 2.96. The summed E-state index contributed by atoms with van der Waals surface area (Å²) in [7, 11) is 0. The molecule has 0 radical (unpaired) electrons. The molecule has 1 aliphatic rings. The fraction of sp³-hybridized carbons (Fsp3) is 0.500. The predicted molar refractivity (Wildman–Crippen MR) is 73.3 cm³/mol. The van der Waals surface area contributed by atoms with E-state index in [2.05, 4.69) is 24.1 Å². The van der Waals surface area contributed by atoms with Crippen molar-refractivity contribution in [2.45, 2.75) is 33.2 Å². The Kier molecular flexibility index (Phi) is 3.75. The number of carbonyl (C=O) groups excluding carboxylic acids is 1. The van der Waals surface area contributed by atoms with E-state index < -0.39 is 0 Å². The van der Waals surface area contributed by atoms with Crippen LogP contribution in [0.15, 0.2) is 18.2 Å². The quantitative estimate of drug-likeness (QED) is 0.894. The van der Waals surface area contributed by atoms with Crippen LogP contribution >= 0.6 is 0 Å². The number of carbonyl (C=O) groups is 1. The van der Waals surface area contributed by atoms with Gasteiger partial charge in [-0.3, -0.25) is 4.79 Å². The highest BCUT2D eigenvalue weighted by atomic mass is 16.5. The molecule has 1 aliphatic heterocycles. The summed E-state index contributed by atoms with van der Waals surface area (Å²) in [6.45, 7) is 7.54. The molecular weight excluding hydrogens is 228 g/mol. The Morgan fingerprint density at radius 2 is 2.22 bits per heavy atom. The smallest absolute Gasteiger partial charge is 0.226 e. The molecular formula is C14H20N2O2. The Morgan fingerprint density at radius 3 is 2.89 bits per heavy atom. The van der Waals surface area contributed by atoms with Gasteiger partial charge in [-0.05, 0) is 32.9 Å². The first kappa shape index (κ1) is 12.7. The van der Waals surface area contributed by atoms with Crippen molar-refractivity contribution in [2.75, 3.05) is 23.4 Å². The summed E-state index contributed by atoms with van der Waals surface area (Å²) in [6, 6.07) is 6.25. The number of nitrogens with zero attached hydrogens (tertiary/aromatic N) is 1. The van der Waals surface area contributed by atoms with Crippen LogP contribution in [0.5, 0.6) is 5.75 Å². The van der Waals surface area contributed by atoms with Crippen LogP contribution in [-0.2, 0) is 4.79 Å². The minimum Gasteiger partial charge on any atom is -0.492 e. The lowest BCUT2D eigenvalue weighted by atomic mass is 10.2. The van der Waals surface area contributed by atoms with Crippen molar-refractivity contribution in [3.05, 3.63) is 18.2 Å². The standard InChI is InChI=1S/C14H20N2O2/c1-4-18-12-7-5-6-11-14(12)15-13(17)8-9-16(11)10(2)3/h5-7,10H,4,8-9H2,1-3H3,(H,15,17). The molecule has 0 spiro atoms. The molecule has 0 aliphatic carbocycles. The number of hydrogen-bond donors (Lipinski definition) is 1. The third kappa shape index (κ3) is 2.42. The van der Waals surface area contributed by atoms with Crippen LogP contribution in [0.1, 0.15) is 27.2 Å². The maximum Gasteiger partial charge on any atom is 0.226 e. The van der Waals surface area contributed by atoms with Crippen molar-refractivity contribution in [1.82, 2.24) is 0 Å². The number of amides is 1. The molecule has 0 aromatic heterocycles. The van der Waals surface area contributed by atoms with Crippen LogP contribution in [0.25, 0.3) is 0 Å². The summed E-state index contributed by atoms with van der Waals surface area (Å²) in [5.41, 5.74) is 1.84. The minimum atomic E-state index is 0.0477. The average Bonchev–Trinajstić information content (AvgIpc) is 2.49. The molecule has 0 saturated carbocycles. The van der Waals surface area contributed by atoms with Gasteiger partial charge in [-0.15, -0.1) is 0 Å². The van der Waals surface area contributed by atoms with Crippen molar-refractivity contribution in [3.8, 4) is 5.75 Å². The Bertz CT molecular complexity index is 443. The van der Waals surface area contributed by atoms with Crippen LogP contribution in [0.3, 0.4) is 0 Å². The predicted octanol–water partition coefficient (Wildman–Crippen LogP) is 2.64. The lowest BCUT2D eigenvalue weighted by Crippen LogP contribution is -2.31. The second-order valence-corrected chi connectivity index (χ2v) is 4.67. The summed E-state index contributed by atoms with van der Waals surface area (Å²) >= 11 is 0. The maximum absolute atomic E-state index is 11.8. The van der Waals surface area contributed by atoms with Crippen molar-refractivity contribution >= 4 is 17.3 Å². The second-order valence-electron chi connectivity index (χ2n) is 4.67. The lowest BCUT2D eigenvalue weighted by Gasteiger charge is -2.28. The van der Waals surface area contributed by atoms with Crippen molar-refractivity contribution in [2.24, 2.45) is 0 Å².